The molecule has 0 aliphatic carbocycles. The molecule has 0 aromatic heterocycles. The van der Waals surface area contributed by atoms with E-state index in [4.69, 9.17) is 19.4 Å². The van der Waals surface area contributed by atoms with Gasteiger partial charge in [-0.05, 0) is 24.3 Å². The highest BCUT2D eigenvalue weighted by molar-refractivity contribution is 5.62. The highest BCUT2D eigenvalue weighted by atomic mass is 16.5. The number of hydrogen-bond donors (Lipinski definition) is 1. The Labute approximate surface area is 83.1 Å². The lowest BCUT2D eigenvalue weighted by molar-refractivity contribution is -0.134. The Morgan fingerprint density at radius 1 is 1.07 bits per heavy atom. The van der Waals surface area contributed by atoms with Gasteiger partial charge < -0.3 is 14.6 Å². The third-order valence-electron chi connectivity index (χ3n) is 1.30. The Bertz CT molecular complexity index is 239. The van der Waals surface area contributed by atoms with Gasteiger partial charge in [0.1, 0.15) is 11.5 Å². The van der Waals surface area contributed by atoms with Crippen LogP contribution in [0, 0.1) is 0 Å². The van der Waals surface area contributed by atoms with Crippen molar-refractivity contribution >= 4 is 5.97 Å². The number of rotatable bonds is 2. The van der Waals surface area contributed by atoms with E-state index in [1.54, 1.807) is 14.2 Å². The molecule has 1 aromatic rings. The van der Waals surface area contributed by atoms with Crippen LogP contribution in [0.25, 0.3) is 0 Å². The quantitative estimate of drug-likeness (QED) is 0.787. The largest absolute Gasteiger partial charge is 0.497 e. The summed E-state index contributed by atoms with van der Waals surface area (Å²) in [5, 5.41) is 7.42. The Balaban J connectivity index is 0.000000364. The van der Waals surface area contributed by atoms with Crippen LogP contribution in [0.3, 0.4) is 0 Å². The molecular formula is C10H14O4. The van der Waals surface area contributed by atoms with Gasteiger partial charge in [0.25, 0.3) is 5.97 Å². The van der Waals surface area contributed by atoms with Crippen LogP contribution in [0.1, 0.15) is 6.92 Å². The van der Waals surface area contributed by atoms with E-state index in [0.717, 1.165) is 18.4 Å². The highest BCUT2D eigenvalue weighted by Crippen LogP contribution is 2.15. The van der Waals surface area contributed by atoms with Gasteiger partial charge in [0.15, 0.2) is 0 Å². The van der Waals surface area contributed by atoms with Gasteiger partial charge in [-0.25, -0.2) is 0 Å². The van der Waals surface area contributed by atoms with Crippen molar-refractivity contribution in [2.75, 3.05) is 14.2 Å². The summed E-state index contributed by atoms with van der Waals surface area (Å²) < 4.78 is 9.92. The Hall–Kier alpha value is -1.71. The summed E-state index contributed by atoms with van der Waals surface area (Å²) in [5.41, 5.74) is 0. The molecule has 0 spiro atoms. The number of methoxy groups -OCH3 is 2. The second-order valence-corrected chi connectivity index (χ2v) is 2.40. The van der Waals surface area contributed by atoms with Gasteiger partial charge in [-0.1, -0.05) is 0 Å². The van der Waals surface area contributed by atoms with Gasteiger partial charge in [0.05, 0.1) is 14.2 Å². The van der Waals surface area contributed by atoms with Crippen molar-refractivity contribution < 1.29 is 19.4 Å². The standard InChI is InChI=1S/C8H10O2.C2H4O2/c1-9-7-3-5-8(10-2)6-4-7;1-2(3)4/h3-6H,1-2H3;1H3,(H,3,4). The van der Waals surface area contributed by atoms with E-state index < -0.39 is 5.97 Å². The molecular weight excluding hydrogens is 184 g/mol. The summed E-state index contributed by atoms with van der Waals surface area (Å²) >= 11 is 0. The maximum atomic E-state index is 9.00. The summed E-state index contributed by atoms with van der Waals surface area (Å²) in [7, 11) is 3.28. The molecule has 0 saturated heterocycles. The van der Waals surface area contributed by atoms with Gasteiger partial charge in [-0.15, -0.1) is 0 Å². The molecule has 4 heteroatoms. The van der Waals surface area contributed by atoms with Crippen LogP contribution in [0.5, 0.6) is 11.5 Å². The number of carbonyl (C=O) groups is 1. The van der Waals surface area contributed by atoms with E-state index in [9.17, 15) is 0 Å². The molecule has 0 radical (unpaired) electrons. The van der Waals surface area contributed by atoms with E-state index in [2.05, 4.69) is 0 Å². The SMILES string of the molecule is CC(=O)O.COc1ccc(OC)cc1. The minimum absolute atomic E-state index is 0.833. The van der Waals surface area contributed by atoms with Gasteiger partial charge >= 0.3 is 0 Å². The Kier molecular flexibility index (Phi) is 5.94. The third kappa shape index (κ3) is 5.88. The first-order valence-corrected chi connectivity index (χ1v) is 3.97. The van der Waals surface area contributed by atoms with Crippen molar-refractivity contribution in [1.82, 2.24) is 0 Å². The minimum Gasteiger partial charge on any atom is -0.497 e. The van der Waals surface area contributed by atoms with Crippen molar-refractivity contribution in [3.05, 3.63) is 24.3 Å². The van der Waals surface area contributed by atoms with Crippen LogP contribution >= 0.6 is 0 Å². The van der Waals surface area contributed by atoms with E-state index in [0.29, 0.717) is 0 Å². The van der Waals surface area contributed by atoms with Crippen molar-refractivity contribution in [2.45, 2.75) is 6.92 Å². The zero-order valence-electron chi connectivity index (χ0n) is 8.48. The summed E-state index contributed by atoms with van der Waals surface area (Å²) in [5.74, 6) is 0.863. The van der Waals surface area contributed by atoms with Crippen LogP contribution in [0.4, 0.5) is 0 Å². The smallest absolute Gasteiger partial charge is 0.300 e. The summed E-state index contributed by atoms with van der Waals surface area (Å²) in [6.07, 6.45) is 0. The highest BCUT2D eigenvalue weighted by Gasteiger charge is 1.89. The van der Waals surface area contributed by atoms with Gasteiger partial charge in [0, 0.05) is 6.92 Å². The van der Waals surface area contributed by atoms with Gasteiger partial charge in [-0.3, -0.25) is 4.79 Å². The molecule has 0 heterocycles. The van der Waals surface area contributed by atoms with Crippen molar-refractivity contribution in [3.8, 4) is 11.5 Å². The van der Waals surface area contributed by atoms with Gasteiger partial charge in [-0.2, -0.15) is 0 Å². The first kappa shape index (κ1) is 12.3. The summed E-state index contributed by atoms with van der Waals surface area (Å²) in [4.78, 5) is 9.00. The molecule has 0 bridgehead atoms. The molecule has 0 atom stereocenters. The second-order valence-electron chi connectivity index (χ2n) is 2.40. The molecule has 0 amide bonds. The fourth-order valence-electron chi connectivity index (χ4n) is 0.712. The first-order valence-electron chi connectivity index (χ1n) is 3.97. The van der Waals surface area contributed by atoms with Gasteiger partial charge in [0.2, 0.25) is 0 Å². The molecule has 0 fully saturated rings. The average molecular weight is 198 g/mol. The van der Waals surface area contributed by atoms with Crippen molar-refractivity contribution in [2.24, 2.45) is 0 Å². The van der Waals surface area contributed by atoms with Crippen LogP contribution < -0.4 is 9.47 Å². The number of ether oxygens (including phenoxy) is 2. The molecule has 14 heavy (non-hydrogen) atoms. The molecule has 1 rings (SSSR count). The minimum atomic E-state index is -0.833. The van der Waals surface area contributed by atoms with Crippen LogP contribution in [0.2, 0.25) is 0 Å². The Morgan fingerprint density at radius 2 is 1.29 bits per heavy atom. The monoisotopic (exact) mass is 198 g/mol. The molecule has 0 saturated carbocycles. The summed E-state index contributed by atoms with van der Waals surface area (Å²) in [6.45, 7) is 1.08. The van der Waals surface area contributed by atoms with E-state index >= 15 is 0 Å². The first-order chi connectivity index (χ1) is 6.60. The molecule has 1 N–H and O–H groups in total. The maximum Gasteiger partial charge on any atom is 0.300 e. The zero-order valence-corrected chi connectivity index (χ0v) is 8.48. The Morgan fingerprint density at radius 3 is 1.43 bits per heavy atom. The topological polar surface area (TPSA) is 55.8 Å². The normalized spacial score (nSPS) is 8.21. The van der Waals surface area contributed by atoms with E-state index in [1.807, 2.05) is 24.3 Å². The van der Waals surface area contributed by atoms with Crippen LogP contribution in [0.15, 0.2) is 24.3 Å². The van der Waals surface area contributed by atoms with E-state index in [-0.39, 0.29) is 0 Å². The molecule has 0 unspecified atom stereocenters. The number of benzene rings is 1. The van der Waals surface area contributed by atoms with Crippen molar-refractivity contribution in [3.63, 3.8) is 0 Å². The molecule has 1 aromatic carbocycles. The number of aliphatic carboxylic acids is 1. The molecule has 0 aliphatic rings. The fraction of sp³-hybridized carbons (Fsp3) is 0.300. The summed E-state index contributed by atoms with van der Waals surface area (Å²) in [6, 6.07) is 7.44. The third-order valence-corrected chi connectivity index (χ3v) is 1.30. The van der Waals surface area contributed by atoms with E-state index in [1.165, 1.54) is 0 Å². The lowest BCUT2D eigenvalue weighted by atomic mass is 10.3. The second kappa shape index (κ2) is 6.77. The molecule has 4 nitrogen and oxygen atoms in total. The maximum absolute atomic E-state index is 9.00. The zero-order chi connectivity index (χ0) is 11.0. The fourth-order valence-corrected chi connectivity index (χ4v) is 0.712. The lowest BCUT2D eigenvalue weighted by Crippen LogP contribution is -1.83. The number of carboxylic acid groups (broad SMARTS) is 1. The van der Waals surface area contributed by atoms with Crippen molar-refractivity contribution in [1.29, 1.82) is 0 Å². The molecule has 0 aliphatic heterocycles. The van der Waals surface area contributed by atoms with Crippen LogP contribution in [-0.2, 0) is 4.79 Å². The number of carboxylic acids is 1. The lowest BCUT2D eigenvalue weighted by Gasteiger charge is -2.00. The predicted molar refractivity (Wildman–Crippen MR) is 52.9 cm³/mol. The average Bonchev–Trinajstić information content (AvgIpc) is 2.17. The number of hydrogen-bond acceptors (Lipinski definition) is 3. The van der Waals surface area contributed by atoms with Crippen LogP contribution in [-0.4, -0.2) is 25.3 Å². The predicted octanol–water partition coefficient (Wildman–Crippen LogP) is 1.79. The molecule has 78 valence electrons.